The molecule has 0 bridgehead atoms. The van der Waals surface area contributed by atoms with Crippen LogP contribution in [0.2, 0.25) is 5.02 Å². The van der Waals surface area contributed by atoms with Crippen molar-refractivity contribution in [1.82, 2.24) is 5.43 Å². The number of amides is 1. The van der Waals surface area contributed by atoms with E-state index in [-0.39, 0.29) is 5.91 Å². The molecule has 0 fully saturated rings. The highest BCUT2D eigenvalue weighted by Crippen LogP contribution is 2.36. The number of rotatable bonds is 7. The molecule has 0 unspecified atom stereocenters. The number of hydrogen-bond acceptors (Lipinski definition) is 4. The molecule has 0 aliphatic carbocycles. The van der Waals surface area contributed by atoms with E-state index in [2.05, 4.69) is 26.5 Å². The summed E-state index contributed by atoms with van der Waals surface area (Å²) in [6.07, 6.45) is 1.54. The lowest BCUT2D eigenvalue weighted by molar-refractivity contribution is 0.0955. The van der Waals surface area contributed by atoms with Crippen molar-refractivity contribution in [3.63, 3.8) is 0 Å². The lowest BCUT2D eigenvalue weighted by Crippen LogP contribution is -2.17. The zero-order valence-corrected chi connectivity index (χ0v) is 16.2. The third-order valence-electron chi connectivity index (χ3n) is 3.11. The highest BCUT2D eigenvalue weighted by Gasteiger charge is 2.11. The van der Waals surface area contributed by atoms with E-state index in [4.69, 9.17) is 21.1 Å². The molecule has 2 rings (SSSR count). The van der Waals surface area contributed by atoms with E-state index < -0.39 is 0 Å². The van der Waals surface area contributed by atoms with Gasteiger partial charge in [-0.25, -0.2) is 5.43 Å². The van der Waals surface area contributed by atoms with Crippen LogP contribution in [0.5, 0.6) is 11.5 Å². The standard InChI is InChI=1S/C18H18BrClN2O3/c1-3-24-16-10-12(9-15(19)17(16)25-4-2)11-21-22-18(23)13-5-7-14(20)8-6-13/h5-11H,3-4H2,1-2H3,(H,22,23)/b21-11-. The Balaban J connectivity index is 2.12. The van der Waals surface area contributed by atoms with Gasteiger partial charge in [-0.05, 0) is 71.7 Å². The summed E-state index contributed by atoms with van der Waals surface area (Å²) in [6.45, 7) is 4.85. The molecule has 0 atom stereocenters. The minimum absolute atomic E-state index is 0.317. The van der Waals surface area contributed by atoms with Crippen LogP contribution in [-0.2, 0) is 0 Å². The van der Waals surface area contributed by atoms with Crippen LogP contribution >= 0.6 is 27.5 Å². The Hall–Kier alpha value is -2.05. The van der Waals surface area contributed by atoms with Crippen LogP contribution in [0.4, 0.5) is 0 Å². The van der Waals surface area contributed by atoms with E-state index in [1.165, 1.54) is 6.21 Å². The van der Waals surface area contributed by atoms with Crippen LogP contribution in [0, 0.1) is 0 Å². The maximum atomic E-state index is 12.0. The van der Waals surface area contributed by atoms with E-state index in [1.807, 2.05) is 19.9 Å². The lowest BCUT2D eigenvalue weighted by Gasteiger charge is -2.13. The topological polar surface area (TPSA) is 59.9 Å². The molecule has 25 heavy (non-hydrogen) atoms. The largest absolute Gasteiger partial charge is 0.490 e. The number of halogens is 2. The van der Waals surface area contributed by atoms with Crippen molar-refractivity contribution in [2.45, 2.75) is 13.8 Å². The highest BCUT2D eigenvalue weighted by atomic mass is 79.9. The fourth-order valence-electron chi connectivity index (χ4n) is 2.04. The van der Waals surface area contributed by atoms with Gasteiger partial charge in [0.15, 0.2) is 11.5 Å². The summed E-state index contributed by atoms with van der Waals surface area (Å²) in [6, 6.07) is 10.2. The predicted octanol–water partition coefficient (Wildman–Crippen LogP) is 4.66. The van der Waals surface area contributed by atoms with E-state index in [0.717, 1.165) is 10.0 Å². The van der Waals surface area contributed by atoms with Crippen LogP contribution in [0.25, 0.3) is 0 Å². The van der Waals surface area contributed by atoms with Crippen LogP contribution in [0.15, 0.2) is 46.0 Å². The normalized spacial score (nSPS) is 10.7. The van der Waals surface area contributed by atoms with Gasteiger partial charge in [0.2, 0.25) is 0 Å². The predicted molar refractivity (Wildman–Crippen MR) is 103 cm³/mol. The van der Waals surface area contributed by atoms with Gasteiger partial charge < -0.3 is 9.47 Å². The molecule has 0 saturated carbocycles. The number of hydrazone groups is 1. The average Bonchev–Trinajstić information content (AvgIpc) is 2.59. The summed E-state index contributed by atoms with van der Waals surface area (Å²) in [5, 5.41) is 4.56. The molecular formula is C18H18BrClN2O3. The Morgan fingerprint density at radius 3 is 2.52 bits per heavy atom. The van der Waals surface area contributed by atoms with Crippen molar-refractivity contribution < 1.29 is 14.3 Å². The monoisotopic (exact) mass is 424 g/mol. The second-order valence-corrected chi connectivity index (χ2v) is 6.19. The number of carbonyl (C=O) groups excluding carboxylic acids is 1. The highest BCUT2D eigenvalue weighted by molar-refractivity contribution is 9.10. The van der Waals surface area contributed by atoms with E-state index >= 15 is 0 Å². The molecule has 0 spiro atoms. The summed E-state index contributed by atoms with van der Waals surface area (Å²) in [5.41, 5.74) is 3.71. The summed E-state index contributed by atoms with van der Waals surface area (Å²) >= 11 is 9.27. The van der Waals surface area contributed by atoms with E-state index in [9.17, 15) is 4.79 Å². The van der Waals surface area contributed by atoms with Gasteiger partial charge in [-0.3, -0.25) is 4.79 Å². The first-order valence-corrected chi connectivity index (χ1v) is 8.90. The lowest BCUT2D eigenvalue weighted by atomic mass is 10.2. The minimum Gasteiger partial charge on any atom is -0.490 e. The maximum Gasteiger partial charge on any atom is 0.271 e. The van der Waals surface area contributed by atoms with Crippen molar-refractivity contribution in [2.24, 2.45) is 5.10 Å². The smallest absolute Gasteiger partial charge is 0.271 e. The molecule has 1 amide bonds. The van der Waals surface area contributed by atoms with Gasteiger partial charge in [-0.15, -0.1) is 0 Å². The molecule has 0 heterocycles. The number of nitrogens with zero attached hydrogens (tertiary/aromatic N) is 1. The van der Waals surface area contributed by atoms with Gasteiger partial charge in [0.25, 0.3) is 5.91 Å². The van der Waals surface area contributed by atoms with Crippen LogP contribution in [0.1, 0.15) is 29.8 Å². The van der Waals surface area contributed by atoms with Gasteiger partial charge in [-0.1, -0.05) is 11.6 Å². The molecule has 0 aliphatic heterocycles. The molecule has 1 N–H and O–H groups in total. The van der Waals surface area contributed by atoms with Crippen molar-refractivity contribution in [1.29, 1.82) is 0 Å². The van der Waals surface area contributed by atoms with Gasteiger partial charge in [-0.2, -0.15) is 5.10 Å². The van der Waals surface area contributed by atoms with Crippen molar-refractivity contribution in [3.05, 3.63) is 57.0 Å². The fraction of sp³-hybridized carbons (Fsp3) is 0.222. The van der Waals surface area contributed by atoms with E-state index in [1.54, 1.807) is 30.3 Å². The molecule has 5 nitrogen and oxygen atoms in total. The van der Waals surface area contributed by atoms with Gasteiger partial charge in [0, 0.05) is 10.6 Å². The fourth-order valence-corrected chi connectivity index (χ4v) is 2.74. The first-order valence-electron chi connectivity index (χ1n) is 7.73. The average molecular weight is 426 g/mol. The van der Waals surface area contributed by atoms with Gasteiger partial charge in [0.1, 0.15) is 0 Å². The first-order chi connectivity index (χ1) is 12.0. The van der Waals surface area contributed by atoms with Crippen molar-refractivity contribution in [3.8, 4) is 11.5 Å². The Morgan fingerprint density at radius 2 is 1.88 bits per heavy atom. The maximum absolute atomic E-state index is 12.0. The second kappa shape index (κ2) is 9.44. The molecular weight excluding hydrogens is 408 g/mol. The second-order valence-electron chi connectivity index (χ2n) is 4.90. The van der Waals surface area contributed by atoms with Gasteiger partial charge in [0.05, 0.1) is 23.9 Å². The molecule has 7 heteroatoms. The number of benzene rings is 2. The Bertz CT molecular complexity index is 764. The third-order valence-corrected chi connectivity index (χ3v) is 3.95. The van der Waals surface area contributed by atoms with Crippen LogP contribution in [-0.4, -0.2) is 25.3 Å². The molecule has 0 radical (unpaired) electrons. The Labute approximate surface area is 160 Å². The van der Waals surface area contributed by atoms with Crippen LogP contribution < -0.4 is 14.9 Å². The summed E-state index contributed by atoms with van der Waals surface area (Å²) in [4.78, 5) is 12.0. The minimum atomic E-state index is -0.317. The molecule has 0 aliphatic rings. The first kappa shape index (κ1) is 19.3. The summed E-state index contributed by atoms with van der Waals surface area (Å²) in [7, 11) is 0. The number of carbonyl (C=O) groups is 1. The number of ether oxygens (including phenoxy) is 2. The Morgan fingerprint density at radius 1 is 1.20 bits per heavy atom. The molecule has 2 aromatic rings. The summed E-state index contributed by atoms with van der Waals surface area (Å²) in [5.74, 6) is 0.943. The molecule has 0 saturated heterocycles. The Kier molecular flexibility index (Phi) is 7.28. The zero-order valence-electron chi connectivity index (χ0n) is 13.9. The number of nitrogens with one attached hydrogen (secondary N) is 1. The summed E-state index contributed by atoms with van der Waals surface area (Å²) < 4.78 is 11.9. The SMILES string of the molecule is CCOc1cc(/C=N\NC(=O)c2ccc(Cl)cc2)cc(Br)c1OCC. The quantitative estimate of drug-likeness (QED) is 0.518. The van der Waals surface area contributed by atoms with Gasteiger partial charge >= 0.3 is 0 Å². The molecule has 2 aromatic carbocycles. The number of hydrogen-bond donors (Lipinski definition) is 1. The van der Waals surface area contributed by atoms with Crippen molar-refractivity contribution in [2.75, 3.05) is 13.2 Å². The van der Waals surface area contributed by atoms with Crippen molar-refractivity contribution >= 4 is 39.7 Å². The molecule has 0 aromatic heterocycles. The molecule has 132 valence electrons. The van der Waals surface area contributed by atoms with E-state index in [0.29, 0.717) is 35.3 Å². The zero-order chi connectivity index (χ0) is 18.2. The van der Waals surface area contributed by atoms with Crippen LogP contribution in [0.3, 0.4) is 0 Å². The third kappa shape index (κ3) is 5.47.